The molecule has 1 fully saturated rings. The Morgan fingerprint density at radius 1 is 1.27 bits per heavy atom. The Balaban J connectivity index is 1.78. The summed E-state index contributed by atoms with van der Waals surface area (Å²) in [5.41, 5.74) is 8.03. The van der Waals surface area contributed by atoms with Crippen molar-refractivity contribution in [3.8, 4) is 0 Å². The highest BCUT2D eigenvalue weighted by atomic mass is 32.2. The molecule has 0 bridgehead atoms. The van der Waals surface area contributed by atoms with Crippen molar-refractivity contribution < 1.29 is 13.2 Å². The van der Waals surface area contributed by atoms with Gasteiger partial charge in [-0.2, -0.15) is 0 Å². The van der Waals surface area contributed by atoms with Crippen molar-refractivity contribution in [1.29, 1.82) is 0 Å². The number of sulfone groups is 1. The molecule has 1 saturated heterocycles. The lowest BCUT2D eigenvalue weighted by Gasteiger charge is -2.33. The number of hydrogen-bond acceptors (Lipinski definition) is 5. The predicted octanol–water partition coefficient (Wildman–Crippen LogP) is 1.44. The average Bonchev–Trinajstić information content (AvgIpc) is 2.60. The van der Waals surface area contributed by atoms with Crippen molar-refractivity contribution in [1.82, 2.24) is 10.2 Å². The Labute approximate surface area is 157 Å². The minimum Gasteiger partial charge on any atom is -0.351 e. The number of amides is 1. The van der Waals surface area contributed by atoms with Crippen LogP contribution in [0.1, 0.15) is 43.7 Å². The van der Waals surface area contributed by atoms with E-state index >= 15 is 0 Å². The van der Waals surface area contributed by atoms with Gasteiger partial charge < -0.3 is 11.1 Å². The molecule has 1 aliphatic heterocycles. The molecular weight excluding hydrogens is 350 g/mol. The molecule has 2 atom stereocenters. The maximum Gasteiger partial charge on any atom is 0.237 e. The Morgan fingerprint density at radius 3 is 2.54 bits per heavy atom. The minimum absolute atomic E-state index is 0.0782. The number of nitrogens with two attached hydrogens (primary N) is 1. The number of carbonyl (C=O) groups is 1. The molecule has 146 valence electrons. The quantitative estimate of drug-likeness (QED) is 0.711. The van der Waals surface area contributed by atoms with Gasteiger partial charge in [0.05, 0.1) is 11.8 Å². The molecule has 7 heteroatoms. The molecule has 2 rings (SSSR count). The fraction of sp³-hybridized carbons (Fsp3) is 0.632. The zero-order valence-electron chi connectivity index (χ0n) is 15.8. The number of nitrogens with one attached hydrogen (secondary N) is 1. The van der Waals surface area contributed by atoms with E-state index in [1.165, 1.54) is 24.8 Å². The number of carbonyl (C=O) groups excluding carboxylic acids is 1. The molecule has 1 aliphatic rings. The van der Waals surface area contributed by atoms with Gasteiger partial charge in [-0.25, -0.2) is 8.42 Å². The van der Waals surface area contributed by atoms with Crippen LogP contribution in [-0.4, -0.2) is 49.9 Å². The molecule has 1 aromatic rings. The third kappa shape index (κ3) is 7.05. The second kappa shape index (κ2) is 9.48. The van der Waals surface area contributed by atoms with Crippen LogP contribution in [-0.2, 0) is 27.7 Å². The van der Waals surface area contributed by atoms with Crippen molar-refractivity contribution in [3.63, 3.8) is 0 Å². The summed E-state index contributed by atoms with van der Waals surface area (Å²) in [6.45, 7) is 4.80. The molecule has 0 radical (unpaired) electrons. The van der Waals surface area contributed by atoms with Gasteiger partial charge in [0.25, 0.3) is 0 Å². The van der Waals surface area contributed by atoms with Crippen LogP contribution in [0.4, 0.5) is 0 Å². The van der Waals surface area contributed by atoms with Crippen molar-refractivity contribution in [2.45, 2.75) is 57.8 Å². The summed E-state index contributed by atoms with van der Waals surface area (Å²) in [6.07, 6.45) is 5.14. The zero-order chi connectivity index (χ0) is 19.2. The van der Waals surface area contributed by atoms with Crippen LogP contribution < -0.4 is 11.1 Å². The van der Waals surface area contributed by atoms with Gasteiger partial charge in [0, 0.05) is 25.4 Å². The van der Waals surface area contributed by atoms with Gasteiger partial charge in [0.15, 0.2) is 0 Å². The third-order valence-electron chi connectivity index (χ3n) is 4.95. The number of rotatable bonds is 8. The number of hydrogen-bond donors (Lipinski definition) is 2. The van der Waals surface area contributed by atoms with Crippen molar-refractivity contribution in [3.05, 3.63) is 35.4 Å². The van der Waals surface area contributed by atoms with E-state index in [-0.39, 0.29) is 18.1 Å². The summed E-state index contributed by atoms with van der Waals surface area (Å²) in [7, 11) is -3.10. The van der Waals surface area contributed by atoms with Crippen LogP contribution in [0, 0.1) is 0 Å². The maximum atomic E-state index is 12.0. The number of piperidine rings is 1. The van der Waals surface area contributed by atoms with Crippen LogP contribution >= 0.6 is 0 Å². The van der Waals surface area contributed by atoms with Crippen LogP contribution in [0.3, 0.4) is 0 Å². The summed E-state index contributed by atoms with van der Waals surface area (Å²) in [5, 5.41) is 2.77. The van der Waals surface area contributed by atoms with E-state index in [0.29, 0.717) is 12.6 Å². The second-order valence-corrected chi connectivity index (χ2v) is 9.63. The smallest absolute Gasteiger partial charge is 0.237 e. The summed E-state index contributed by atoms with van der Waals surface area (Å²) in [6, 6.07) is 8.08. The van der Waals surface area contributed by atoms with Crippen LogP contribution in [0.2, 0.25) is 0 Å². The molecule has 26 heavy (non-hydrogen) atoms. The molecule has 3 N–H and O–H groups in total. The van der Waals surface area contributed by atoms with E-state index in [1.807, 2.05) is 12.1 Å². The molecule has 1 aromatic carbocycles. The molecule has 0 saturated carbocycles. The van der Waals surface area contributed by atoms with Gasteiger partial charge in [-0.05, 0) is 43.9 Å². The first-order valence-electron chi connectivity index (χ1n) is 9.27. The van der Waals surface area contributed by atoms with Crippen molar-refractivity contribution in [2.24, 2.45) is 5.73 Å². The topological polar surface area (TPSA) is 92.5 Å². The fourth-order valence-electron chi connectivity index (χ4n) is 3.18. The Bertz CT molecular complexity index is 688. The zero-order valence-corrected chi connectivity index (χ0v) is 16.6. The van der Waals surface area contributed by atoms with Gasteiger partial charge in [0.1, 0.15) is 9.84 Å². The summed E-state index contributed by atoms with van der Waals surface area (Å²) < 4.78 is 22.3. The summed E-state index contributed by atoms with van der Waals surface area (Å²) in [5.74, 6) is -0.398. The first kappa shape index (κ1) is 20.9. The Kier molecular flexibility index (Phi) is 7.61. The Morgan fingerprint density at radius 2 is 1.92 bits per heavy atom. The molecule has 1 amide bonds. The highest BCUT2D eigenvalue weighted by molar-refractivity contribution is 7.90. The van der Waals surface area contributed by atoms with E-state index < -0.39 is 15.9 Å². The van der Waals surface area contributed by atoms with Gasteiger partial charge in [0.2, 0.25) is 5.91 Å². The summed E-state index contributed by atoms with van der Waals surface area (Å²) >= 11 is 0. The van der Waals surface area contributed by atoms with Gasteiger partial charge >= 0.3 is 0 Å². The highest BCUT2D eigenvalue weighted by Crippen LogP contribution is 2.19. The second-order valence-electron chi connectivity index (χ2n) is 7.37. The van der Waals surface area contributed by atoms with Gasteiger partial charge in [-0.1, -0.05) is 30.7 Å². The molecule has 2 unspecified atom stereocenters. The number of likely N-dealkylation sites (tertiary alicyclic amines) is 1. The van der Waals surface area contributed by atoms with Crippen LogP contribution in [0.25, 0.3) is 0 Å². The van der Waals surface area contributed by atoms with E-state index in [9.17, 15) is 13.2 Å². The monoisotopic (exact) mass is 381 g/mol. The fourth-order valence-corrected chi connectivity index (χ4v) is 3.86. The van der Waals surface area contributed by atoms with E-state index in [1.54, 1.807) is 0 Å². The van der Waals surface area contributed by atoms with E-state index in [0.717, 1.165) is 24.9 Å². The molecule has 0 spiro atoms. The van der Waals surface area contributed by atoms with E-state index in [4.69, 9.17) is 5.73 Å². The molecule has 0 aliphatic carbocycles. The van der Waals surface area contributed by atoms with Crippen LogP contribution in [0.5, 0.6) is 0 Å². The standard InChI is InChI=1S/C19H31N3O3S/c1-15-5-3-4-11-22(15)14-17-8-6-16(7-9-17)13-21-19(23)18(20)10-12-26(2,24)25/h6-9,15,18H,3-5,10-14,20H2,1-2H3,(H,21,23). The lowest BCUT2D eigenvalue weighted by Crippen LogP contribution is -2.41. The van der Waals surface area contributed by atoms with Gasteiger partial charge in [-0.3, -0.25) is 9.69 Å². The molecule has 1 heterocycles. The van der Waals surface area contributed by atoms with Gasteiger partial charge in [-0.15, -0.1) is 0 Å². The molecule has 0 aromatic heterocycles. The maximum absolute atomic E-state index is 12.0. The number of nitrogens with zero attached hydrogens (tertiary/aromatic N) is 1. The normalized spacial score (nSPS) is 19.9. The first-order valence-corrected chi connectivity index (χ1v) is 11.3. The highest BCUT2D eigenvalue weighted by Gasteiger charge is 2.18. The predicted molar refractivity (Wildman–Crippen MR) is 104 cm³/mol. The molecular formula is C19H31N3O3S. The Hall–Kier alpha value is -1.44. The average molecular weight is 382 g/mol. The molecule has 6 nitrogen and oxygen atoms in total. The first-order chi connectivity index (χ1) is 12.2. The van der Waals surface area contributed by atoms with Crippen molar-refractivity contribution >= 4 is 15.7 Å². The van der Waals surface area contributed by atoms with E-state index in [2.05, 4.69) is 29.3 Å². The summed E-state index contributed by atoms with van der Waals surface area (Å²) in [4.78, 5) is 14.5. The minimum atomic E-state index is -3.10. The van der Waals surface area contributed by atoms with Crippen LogP contribution in [0.15, 0.2) is 24.3 Å². The lowest BCUT2D eigenvalue weighted by molar-refractivity contribution is -0.122. The SMILES string of the molecule is CC1CCCCN1Cc1ccc(CNC(=O)C(N)CCS(C)(=O)=O)cc1. The number of benzene rings is 1. The third-order valence-corrected chi connectivity index (χ3v) is 5.93. The largest absolute Gasteiger partial charge is 0.351 e. The van der Waals surface area contributed by atoms with Crippen molar-refractivity contribution in [2.75, 3.05) is 18.6 Å². The lowest BCUT2D eigenvalue weighted by atomic mass is 10.0.